The summed E-state index contributed by atoms with van der Waals surface area (Å²) in [5.74, 6) is -1.05. The molecule has 0 amide bonds. The molecule has 0 saturated heterocycles. The van der Waals surface area contributed by atoms with Crippen LogP contribution in [0.25, 0.3) is 43.1 Å². The number of nitrogens with zero attached hydrogens (tertiary/aromatic N) is 1. The van der Waals surface area contributed by atoms with Crippen LogP contribution < -0.4 is 0 Å². The third-order valence-corrected chi connectivity index (χ3v) is 5.02. The number of carboxylic acids is 1. The van der Waals surface area contributed by atoms with Crippen molar-refractivity contribution in [3.8, 4) is 0 Å². The summed E-state index contributed by atoms with van der Waals surface area (Å²) in [4.78, 5) is 15.6. The summed E-state index contributed by atoms with van der Waals surface area (Å²) < 4.78 is 0. The Bertz CT molecular complexity index is 1340. The molecule has 0 bridgehead atoms. The molecule has 5 aromatic rings. The third kappa shape index (κ3) is 2.38. The van der Waals surface area contributed by atoms with E-state index >= 15 is 0 Å². The van der Waals surface area contributed by atoms with Crippen molar-refractivity contribution in [1.29, 1.82) is 0 Å². The monoisotopic (exact) mass is 353 g/mol. The van der Waals surface area contributed by atoms with Gasteiger partial charge in [0.25, 0.3) is 0 Å². The van der Waals surface area contributed by atoms with Gasteiger partial charge in [-0.1, -0.05) is 71.9 Å². The van der Waals surface area contributed by atoms with Crippen molar-refractivity contribution in [2.24, 2.45) is 5.16 Å². The van der Waals surface area contributed by atoms with Gasteiger partial charge in [0.2, 0.25) is 6.61 Å². The molecule has 0 fully saturated rings. The van der Waals surface area contributed by atoms with E-state index in [0.29, 0.717) is 0 Å². The number of oxime groups is 1. The first kappa shape index (κ1) is 15.6. The van der Waals surface area contributed by atoms with Crippen LogP contribution in [-0.4, -0.2) is 23.9 Å². The number of rotatable bonds is 4. The van der Waals surface area contributed by atoms with Crippen LogP contribution in [0.1, 0.15) is 5.56 Å². The van der Waals surface area contributed by atoms with E-state index in [1.165, 1.54) is 26.9 Å². The third-order valence-electron chi connectivity index (χ3n) is 5.02. The van der Waals surface area contributed by atoms with E-state index in [1.807, 2.05) is 12.1 Å². The second kappa shape index (κ2) is 5.95. The van der Waals surface area contributed by atoms with E-state index in [-0.39, 0.29) is 0 Å². The Hall–Kier alpha value is -3.66. The summed E-state index contributed by atoms with van der Waals surface area (Å²) in [7, 11) is 0. The first-order valence-electron chi connectivity index (χ1n) is 8.69. The van der Waals surface area contributed by atoms with Gasteiger partial charge in [0.05, 0.1) is 6.21 Å². The first-order chi connectivity index (χ1) is 13.2. The molecule has 5 aromatic carbocycles. The van der Waals surface area contributed by atoms with Gasteiger partial charge >= 0.3 is 5.97 Å². The Balaban J connectivity index is 1.90. The highest BCUT2D eigenvalue weighted by Crippen LogP contribution is 2.40. The summed E-state index contributed by atoms with van der Waals surface area (Å²) in [6.45, 7) is -0.458. The maximum Gasteiger partial charge on any atom is 0.344 e. The number of hydrogen-bond acceptors (Lipinski definition) is 3. The lowest BCUT2D eigenvalue weighted by Gasteiger charge is -2.15. The molecule has 0 atom stereocenters. The zero-order chi connectivity index (χ0) is 18.4. The zero-order valence-corrected chi connectivity index (χ0v) is 14.3. The smallest absolute Gasteiger partial charge is 0.344 e. The van der Waals surface area contributed by atoms with Gasteiger partial charge < -0.3 is 9.94 Å². The van der Waals surface area contributed by atoms with Crippen LogP contribution in [0.2, 0.25) is 0 Å². The molecule has 0 aliphatic carbocycles. The standard InChI is InChI=1S/C23H15NO3/c25-21(26)13-27-24-12-20-17-7-2-1-6-16(17)18-10-8-14-4-3-5-15-9-11-19(20)23(18)22(14)15/h1-12H,13H2,(H,25,26). The van der Waals surface area contributed by atoms with Crippen molar-refractivity contribution >= 4 is 55.3 Å². The topological polar surface area (TPSA) is 58.9 Å². The van der Waals surface area contributed by atoms with E-state index in [4.69, 9.17) is 9.94 Å². The lowest BCUT2D eigenvalue weighted by molar-refractivity contribution is -0.142. The number of aliphatic carboxylic acids is 1. The van der Waals surface area contributed by atoms with Crippen molar-refractivity contribution in [2.75, 3.05) is 6.61 Å². The van der Waals surface area contributed by atoms with Crippen molar-refractivity contribution < 1.29 is 14.7 Å². The highest BCUT2D eigenvalue weighted by molar-refractivity contribution is 6.32. The maximum atomic E-state index is 10.7. The lowest BCUT2D eigenvalue weighted by Crippen LogP contribution is -2.03. The summed E-state index contributed by atoms with van der Waals surface area (Å²) in [6.07, 6.45) is 1.62. The van der Waals surface area contributed by atoms with Gasteiger partial charge in [-0.3, -0.25) is 0 Å². The Labute approximate surface area is 154 Å². The highest BCUT2D eigenvalue weighted by Gasteiger charge is 2.14. The minimum atomic E-state index is -1.05. The van der Waals surface area contributed by atoms with E-state index in [1.54, 1.807) is 6.21 Å². The molecule has 4 heteroatoms. The van der Waals surface area contributed by atoms with Gasteiger partial charge in [-0.15, -0.1) is 0 Å². The summed E-state index contributed by atoms with van der Waals surface area (Å²) >= 11 is 0. The molecule has 1 N–H and O–H groups in total. The molecule has 27 heavy (non-hydrogen) atoms. The van der Waals surface area contributed by atoms with Crippen LogP contribution in [0.15, 0.2) is 71.9 Å². The minimum absolute atomic E-state index is 0.458. The molecule has 5 rings (SSSR count). The van der Waals surface area contributed by atoms with Gasteiger partial charge in [-0.05, 0) is 43.1 Å². The van der Waals surface area contributed by atoms with Crippen LogP contribution in [0.3, 0.4) is 0 Å². The molecule has 0 heterocycles. The van der Waals surface area contributed by atoms with Gasteiger partial charge in [-0.2, -0.15) is 0 Å². The normalized spacial score (nSPS) is 12.0. The minimum Gasteiger partial charge on any atom is -0.479 e. The second-order valence-electron chi connectivity index (χ2n) is 6.54. The summed E-state index contributed by atoms with van der Waals surface area (Å²) in [5, 5.41) is 22.0. The Morgan fingerprint density at radius 2 is 1.52 bits per heavy atom. The van der Waals surface area contributed by atoms with Crippen LogP contribution in [-0.2, 0) is 9.63 Å². The van der Waals surface area contributed by atoms with E-state index < -0.39 is 12.6 Å². The predicted molar refractivity (Wildman–Crippen MR) is 109 cm³/mol. The Morgan fingerprint density at radius 3 is 2.26 bits per heavy atom. The lowest BCUT2D eigenvalue weighted by atomic mass is 9.88. The van der Waals surface area contributed by atoms with E-state index in [2.05, 4.69) is 59.8 Å². The first-order valence-corrected chi connectivity index (χ1v) is 8.69. The molecule has 4 nitrogen and oxygen atoms in total. The van der Waals surface area contributed by atoms with Gasteiger partial charge in [-0.25, -0.2) is 4.79 Å². The van der Waals surface area contributed by atoms with Crippen LogP contribution >= 0.6 is 0 Å². The molecule has 0 aliphatic rings. The molecular weight excluding hydrogens is 338 g/mol. The highest BCUT2D eigenvalue weighted by atomic mass is 16.6. The largest absolute Gasteiger partial charge is 0.479 e. The maximum absolute atomic E-state index is 10.7. The molecule has 130 valence electrons. The van der Waals surface area contributed by atoms with Crippen molar-refractivity contribution in [2.45, 2.75) is 0 Å². The van der Waals surface area contributed by atoms with E-state index in [9.17, 15) is 4.79 Å². The Kier molecular flexibility index (Phi) is 3.44. The van der Waals surface area contributed by atoms with Gasteiger partial charge in [0, 0.05) is 5.56 Å². The number of fused-ring (bicyclic) bond motifs is 2. The van der Waals surface area contributed by atoms with Gasteiger partial charge in [0.15, 0.2) is 0 Å². The fourth-order valence-corrected chi connectivity index (χ4v) is 3.95. The second-order valence-corrected chi connectivity index (χ2v) is 6.54. The molecule has 0 saturated carbocycles. The SMILES string of the molecule is O=C(O)CON=Cc1c2ccccc2c2ccc3cccc4ccc1c2c43. The van der Waals surface area contributed by atoms with E-state index in [0.717, 1.165) is 21.7 Å². The van der Waals surface area contributed by atoms with Crippen molar-refractivity contribution in [1.82, 2.24) is 0 Å². The van der Waals surface area contributed by atoms with Crippen molar-refractivity contribution in [3.05, 3.63) is 72.3 Å². The average Bonchev–Trinajstić information content (AvgIpc) is 2.69. The quantitative estimate of drug-likeness (QED) is 0.210. The molecule has 0 aromatic heterocycles. The fraction of sp³-hybridized carbons (Fsp3) is 0.0435. The summed E-state index contributed by atoms with van der Waals surface area (Å²) in [6, 6.07) is 23.1. The molecular formula is C23H15NO3. The van der Waals surface area contributed by atoms with Crippen LogP contribution in [0.5, 0.6) is 0 Å². The number of carbonyl (C=O) groups is 1. The summed E-state index contributed by atoms with van der Waals surface area (Å²) in [5.41, 5.74) is 0.932. The van der Waals surface area contributed by atoms with Gasteiger partial charge in [0.1, 0.15) is 0 Å². The zero-order valence-electron chi connectivity index (χ0n) is 14.3. The fourth-order valence-electron chi connectivity index (χ4n) is 3.95. The van der Waals surface area contributed by atoms with Crippen LogP contribution in [0.4, 0.5) is 0 Å². The average molecular weight is 353 g/mol. The number of carboxylic acid groups (broad SMARTS) is 1. The predicted octanol–water partition coefficient (Wildman–Crippen LogP) is 5.17. The molecule has 0 unspecified atom stereocenters. The molecule has 0 radical (unpaired) electrons. The Morgan fingerprint density at radius 1 is 0.815 bits per heavy atom. The van der Waals surface area contributed by atoms with Crippen molar-refractivity contribution in [3.63, 3.8) is 0 Å². The molecule has 0 aliphatic heterocycles. The van der Waals surface area contributed by atoms with Crippen LogP contribution in [0, 0.1) is 0 Å². The number of benzene rings is 5. The molecule has 0 spiro atoms. The number of hydrogen-bond donors (Lipinski definition) is 1.